The second-order valence-electron chi connectivity index (χ2n) is 14.1. The average molecular weight is 719 g/mol. The molecule has 52 heavy (non-hydrogen) atoms. The number of carboxylic acid groups (broad SMARTS) is 4. The first-order valence-electron chi connectivity index (χ1n) is 16.1. The topological polar surface area (TPSA) is 230 Å². The molecule has 0 amide bonds. The first kappa shape index (κ1) is 42.4. The smallest absolute Gasteiger partial charge is 0.336 e. The molecule has 4 aromatic carbocycles. The molecular formula is C40H46O12. The van der Waals surface area contributed by atoms with Crippen LogP contribution in [-0.4, -0.2) is 77.9 Å². The van der Waals surface area contributed by atoms with Crippen LogP contribution in [0, 0.1) is 13.8 Å². The van der Waals surface area contributed by atoms with Crippen molar-refractivity contribution in [3.8, 4) is 33.8 Å². The second-order valence-corrected chi connectivity index (χ2v) is 14.1. The van der Waals surface area contributed by atoms with E-state index in [9.17, 15) is 49.8 Å². The van der Waals surface area contributed by atoms with Gasteiger partial charge in [0.05, 0.1) is 35.5 Å². The van der Waals surface area contributed by atoms with Crippen LogP contribution in [0.3, 0.4) is 0 Å². The molecule has 0 aliphatic carbocycles. The molecule has 8 N–H and O–H groups in total. The van der Waals surface area contributed by atoms with E-state index < -0.39 is 23.9 Å². The van der Waals surface area contributed by atoms with Crippen molar-refractivity contribution < 1.29 is 60.0 Å². The van der Waals surface area contributed by atoms with Crippen LogP contribution in [0.15, 0.2) is 60.7 Å². The molecule has 0 aliphatic rings. The molecule has 0 spiro atoms. The summed E-state index contributed by atoms with van der Waals surface area (Å²) in [4.78, 5) is 45.5. The lowest BCUT2D eigenvalue weighted by atomic mass is 9.82. The molecule has 12 nitrogen and oxygen atoms in total. The standard InChI is InChI=1S/2C19H20O5.C2H6O2/c2*1-10-7-12(9-15(16(10)20)19(2,3)4)14-8-11(17(21)22)5-6-13(14)18(23)24;3-1-2-4/h2*5-9,20H,1-4H3,(H,21,22)(H,23,24);3-4H,1-2H2. The highest BCUT2D eigenvalue weighted by Gasteiger charge is 2.24. The number of carbonyl (C=O) groups is 4. The van der Waals surface area contributed by atoms with E-state index in [1.54, 1.807) is 38.1 Å². The molecule has 0 heterocycles. The van der Waals surface area contributed by atoms with Crippen molar-refractivity contribution in [2.24, 2.45) is 0 Å². The molecule has 278 valence electrons. The van der Waals surface area contributed by atoms with Crippen LogP contribution in [0.2, 0.25) is 0 Å². The Balaban J connectivity index is 0.000000327. The molecule has 0 fully saturated rings. The minimum absolute atomic E-state index is 0.0121. The van der Waals surface area contributed by atoms with Gasteiger partial charge in [-0.3, -0.25) is 0 Å². The molecular weight excluding hydrogens is 672 g/mol. The number of aryl methyl sites for hydroxylation is 2. The predicted octanol–water partition coefficient (Wildman–Crippen LogP) is 7.09. The number of hydrogen-bond donors (Lipinski definition) is 8. The fraction of sp³-hybridized carbons (Fsp3) is 0.300. The van der Waals surface area contributed by atoms with Crippen molar-refractivity contribution in [1.82, 2.24) is 0 Å². The highest BCUT2D eigenvalue weighted by atomic mass is 16.4. The van der Waals surface area contributed by atoms with Gasteiger partial charge in [0.25, 0.3) is 0 Å². The van der Waals surface area contributed by atoms with Crippen LogP contribution in [0.25, 0.3) is 22.3 Å². The molecule has 0 aromatic heterocycles. The Hall–Kier alpha value is -5.72. The average Bonchev–Trinajstić information content (AvgIpc) is 3.05. The number of carboxylic acids is 4. The number of hydrogen-bond acceptors (Lipinski definition) is 8. The van der Waals surface area contributed by atoms with Crippen molar-refractivity contribution in [2.75, 3.05) is 13.2 Å². The van der Waals surface area contributed by atoms with Gasteiger partial charge < -0.3 is 40.9 Å². The molecule has 4 rings (SSSR count). The van der Waals surface area contributed by atoms with Crippen molar-refractivity contribution in [2.45, 2.75) is 66.2 Å². The summed E-state index contributed by atoms with van der Waals surface area (Å²) in [5.41, 5.74) is 3.69. The van der Waals surface area contributed by atoms with E-state index in [4.69, 9.17) is 10.2 Å². The summed E-state index contributed by atoms with van der Waals surface area (Å²) in [6.07, 6.45) is 0. The van der Waals surface area contributed by atoms with Gasteiger partial charge >= 0.3 is 23.9 Å². The fourth-order valence-electron chi connectivity index (χ4n) is 5.22. The maximum Gasteiger partial charge on any atom is 0.336 e. The van der Waals surface area contributed by atoms with Gasteiger partial charge in [-0.05, 0) is 119 Å². The molecule has 0 aliphatic heterocycles. The third-order valence-corrected chi connectivity index (χ3v) is 7.93. The number of phenolic OH excluding ortho intramolecular Hbond substituents is 2. The Morgan fingerprint density at radius 2 is 0.808 bits per heavy atom. The first-order valence-corrected chi connectivity index (χ1v) is 16.1. The third-order valence-electron chi connectivity index (χ3n) is 7.93. The van der Waals surface area contributed by atoms with Gasteiger partial charge in [0.1, 0.15) is 11.5 Å². The minimum atomic E-state index is -1.13. The molecule has 0 radical (unpaired) electrons. The zero-order chi connectivity index (χ0) is 39.9. The van der Waals surface area contributed by atoms with E-state index in [2.05, 4.69) is 0 Å². The maximum absolute atomic E-state index is 11.5. The number of rotatable bonds is 7. The van der Waals surface area contributed by atoms with Crippen molar-refractivity contribution in [3.63, 3.8) is 0 Å². The molecule has 0 saturated carbocycles. The van der Waals surface area contributed by atoms with Gasteiger partial charge in [0.15, 0.2) is 0 Å². The highest BCUT2D eigenvalue weighted by molar-refractivity contribution is 6.00. The summed E-state index contributed by atoms with van der Waals surface area (Å²) < 4.78 is 0. The second kappa shape index (κ2) is 17.0. The number of phenols is 2. The summed E-state index contributed by atoms with van der Waals surface area (Å²) >= 11 is 0. The van der Waals surface area contributed by atoms with Crippen LogP contribution in [0.4, 0.5) is 0 Å². The number of benzene rings is 4. The maximum atomic E-state index is 11.5. The van der Waals surface area contributed by atoms with Gasteiger partial charge in [0.2, 0.25) is 0 Å². The first-order chi connectivity index (χ1) is 24.0. The van der Waals surface area contributed by atoms with E-state index in [0.717, 1.165) is 0 Å². The monoisotopic (exact) mass is 718 g/mol. The molecule has 0 bridgehead atoms. The third kappa shape index (κ3) is 10.4. The van der Waals surface area contributed by atoms with E-state index in [1.807, 2.05) is 41.5 Å². The Morgan fingerprint density at radius 1 is 0.500 bits per heavy atom. The van der Waals surface area contributed by atoms with Gasteiger partial charge in [-0.1, -0.05) is 41.5 Å². The largest absolute Gasteiger partial charge is 0.507 e. The van der Waals surface area contributed by atoms with Gasteiger partial charge in [-0.25, -0.2) is 19.2 Å². The summed E-state index contributed by atoms with van der Waals surface area (Å²) in [5, 5.41) is 73.1. The van der Waals surface area contributed by atoms with Gasteiger partial charge in [0, 0.05) is 11.1 Å². The Kier molecular flexibility index (Phi) is 13.9. The van der Waals surface area contributed by atoms with E-state index >= 15 is 0 Å². The molecule has 0 atom stereocenters. The van der Waals surface area contributed by atoms with Crippen LogP contribution in [0.1, 0.15) is 105 Å². The van der Waals surface area contributed by atoms with Crippen LogP contribution in [0.5, 0.6) is 11.5 Å². The van der Waals surface area contributed by atoms with E-state index in [-0.39, 0.29) is 57.8 Å². The van der Waals surface area contributed by atoms with Crippen molar-refractivity contribution in [1.29, 1.82) is 0 Å². The Bertz CT molecular complexity index is 1840. The summed E-state index contributed by atoms with van der Waals surface area (Å²) in [5.74, 6) is -4.19. The number of aliphatic hydroxyl groups excluding tert-OH is 2. The minimum Gasteiger partial charge on any atom is -0.507 e. The molecule has 0 saturated heterocycles. The Labute approximate surface area is 301 Å². The molecule has 0 unspecified atom stereocenters. The predicted molar refractivity (Wildman–Crippen MR) is 196 cm³/mol. The lowest BCUT2D eigenvalue weighted by Gasteiger charge is -2.23. The van der Waals surface area contributed by atoms with Crippen LogP contribution < -0.4 is 0 Å². The zero-order valence-electron chi connectivity index (χ0n) is 30.4. The molecule has 4 aromatic rings. The van der Waals surface area contributed by atoms with Crippen LogP contribution >= 0.6 is 0 Å². The van der Waals surface area contributed by atoms with Crippen LogP contribution in [-0.2, 0) is 10.8 Å². The lowest BCUT2D eigenvalue weighted by Crippen LogP contribution is -2.12. The highest BCUT2D eigenvalue weighted by Crippen LogP contribution is 2.39. The molecule has 12 heteroatoms. The number of aromatic carboxylic acids is 4. The van der Waals surface area contributed by atoms with E-state index in [1.165, 1.54) is 36.4 Å². The number of aromatic hydroxyl groups is 2. The fourth-order valence-corrected chi connectivity index (χ4v) is 5.22. The van der Waals surface area contributed by atoms with Gasteiger partial charge in [-0.2, -0.15) is 0 Å². The van der Waals surface area contributed by atoms with Gasteiger partial charge in [-0.15, -0.1) is 0 Å². The normalized spacial score (nSPS) is 11.0. The van der Waals surface area contributed by atoms with E-state index in [0.29, 0.717) is 44.5 Å². The quantitative estimate of drug-likeness (QED) is 0.0957. The van der Waals surface area contributed by atoms with Crippen molar-refractivity contribution in [3.05, 3.63) is 105 Å². The SMILES string of the molecule is Cc1cc(-c2cc(C(=O)O)ccc2C(=O)O)cc(C(C)(C)C)c1O.Cc1cc(-c2cc(C(=O)O)ccc2C(=O)O)cc(C(C)(C)C)c1O.OCCO. The summed E-state index contributed by atoms with van der Waals surface area (Å²) in [6, 6.07) is 14.6. The summed E-state index contributed by atoms with van der Waals surface area (Å²) in [7, 11) is 0. The Morgan fingerprint density at radius 3 is 1.04 bits per heavy atom. The lowest BCUT2D eigenvalue weighted by molar-refractivity contribution is 0.0682. The van der Waals surface area contributed by atoms with Crippen molar-refractivity contribution >= 4 is 23.9 Å². The summed E-state index contributed by atoms with van der Waals surface area (Å²) in [6.45, 7) is 14.9. The number of aliphatic hydroxyl groups is 2. The zero-order valence-corrected chi connectivity index (χ0v) is 30.4.